The van der Waals surface area contributed by atoms with Crippen LogP contribution < -0.4 is 0 Å². The summed E-state index contributed by atoms with van der Waals surface area (Å²) in [5.74, 6) is 1.56. The van der Waals surface area contributed by atoms with Gasteiger partial charge in [0.25, 0.3) is 0 Å². The summed E-state index contributed by atoms with van der Waals surface area (Å²) in [7, 11) is 0. The van der Waals surface area contributed by atoms with E-state index in [0.717, 1.165) is 66.4 Å². The average molecular weight is 463 g/mol. The highest BCUT2D eigenvalue weighted by molar-refractivity contribution is 6.24. The van der Waals surface area contributed by atoms with Gasteiger partial charge in [0, 0.05) is 33.9 Å². The fourth-order valence-corrected chi connectivity index (χ4v) is 5.30. The number of aromatic nitrogens is 2. The van der Waals surface area contributed by atoms with Gasteiger partial charge in [0.15, 0.2) is 11.5 Å². The Hall–Kier alpha value is -4.96. The molecule has 0 spiro atoms. The third kappa shape index (κ3) is 2.75. The van der Waals surface area contributed by atoms with Crippen LogP contribution >= 0.6 is 0 Å². The van der Waals surface area contributed by atoms with E-state index in [1.807, 2.05) is 36.4 Å². The number of rotatable bonds is 2. The number of benzene rings is 4. The van der Waals surface area contributed by atoms with Crippen LogP contribution in [-0.4, -0.2) is 9.97 Å². The van der Waals surface area contributed by atoms with Crippen LogP contribution in [0.5, 0.6) is 0 Å². The first kappa shape index (κ1) is 19.4. The molecular formula is C32H18N2O2. The molecule has 0 aliphatic carbocycles. The van der Waals surface area contributed by atoms with E-state index in [2.05, 4.69) is 70.6 Å². The predicted molar refractivity (Wildman–Crippen MR) is 145 cm³/mol. The Kier molecular flexibility index (Phi) is 3.91. The quantitative estimate of drug-likeness (QED) is 0.241. The zero-order chi connectivity index (χ0) is 23.6. The number of furan rings is 2. The first-order valence-corrected chi connectivity index (χ1v) is 11.9. The van der Waals surface area contributed by atoms with E-state index < -0.39 is 0 Å². The maximum absolute atomic E-state index is 6.32. The summed E-state index contributed by atoms with van der Waals surface area (Å²) < 4.78 is 12.6. The second-order valence-corrected chi connectivity index (χ2v) is 9.04. The molecule has 168 valence electrons. The van der Waals surface area contributed by atoms with Crippen LogP contribution in [0.4, 0.5) is 0 Å². The van der Waals surface area contributed by atoms with E-state index >= 15 is 0 Å². The Labute approximate surface area is 205 Å². The van der Waals surface area contributed by atoms with Crippen molar-refractivity contribution in [3.63, 3.8) is 0 Å². The van der Waals surface area contributed by atoms with Gasteiger partial charge in [-0.15, -0.1) is 0 Å². The zero-order valence-electron chi connectivity index (χ0n) is 19.1. The van der Waals surface area contributed by atoms with Gasteiger partial charge in [-0.1, -0.05) is 48.5 Å². The summed E-state index contributed by atoms with van der Waals surface area (Å²) in [6, 6.07) is 33.2. The fourth-order valence-electron chi connectivity index (χ4n) is 5.30. The molecule has 0 atom stereocenters. The molecule has 4 heterocycles. The van der Waals surface area contributed by atoms with Crippen LogP contribution in [0.3, 0.4) is 0 Å². The molecule has 0 saturated carbocycles. The van der Waals surface area contributed by atoms with E-state index in [4.69, 9.17) is 8.83 Å². The number of nitrogens with zero attached hydrogens (tertiary/aromatic N) is 2. The molecule has 36 heavy (non-hydrogen) atoms. The Morgan fingerprint density at radius 1 is 0.417 bits per heavy atom. The zero-order valence-corrected chi connectivity index (χ0v) is 19.1. The highest BCUT2D eigenvalue weighted by Gasteiger charge is 2.15. The minimum atomic E-state index is 0.778. The van der Waals surface area contributed by atoms with Crippen molar-refractivity contribution in [1.29, 1.82) is 0 Å². The maximum Gasteiger partial charge on any atom is 0.153 e. The monoisotopic (exact) mass is 462 g/mol. The minimum Gasteiger partial charge on any atom is -0.454 e. The Morgan fingerprint density at radius 2 is 0.833 bits per heavy atom. The molecule has 0 bridgehead atoms. The molecule has 0 N–H and O–H groups in total. The van der Waals surface area contributed by atoms with Gasteiger partial charge in [0.2, 0.25) is 0 Å². The third-order valence-corrected chi connectivity index (χ3v) is 6.99. The highest BCUT2D eigenvalue weighted by Crippen LogP contribution is 2.39. The summed E-state index contributed by atoms with van der Waals surface area (Å²) in [6.07, 6.45) is 3.57. The molecule has 0 aliphatic heterocycles. The molecule has 0 saturated heterocycles. The molecule has 0 unspecified atom stereocenters. The Morgan fingerprint density at radius 3 is 1.28 bits per heavy atom. The Bertz CT molecular complexity index is 1940. The molecule has 4 aromatic heterocycles. The number of pyridine rings is 2. The summed E-state index contributed by atoms with van der Waals surface area (Å²) in [5, 5.41) is 9.04. The van der Waals surface area contributed by atoms with Crippen molar-refractivity contribution in [2.75, 3.05) is 0 Å². The smallest absolute Gasteiger partial charge is 0.153 e. The topological polar surface area (TPSA) is 52.1 Å². The average Bonchev–Trinajstić information content (AvgIpc) is 3.58. The number of hydrogen-bond donors (Lipinski definition) is 0. The van der Waals surface area contributed by atoms with Gasteiger partial charge < -0.3 is 8.83 Å². The molecule has 0 aliphatic rings. The maximum atomic E-state index is 6.32. The van der Waals surface area contributed by atoms with Gasteiger partial charge in [0.05, 0.1) is 0 Å². The standard InChI is InChI=1S/C32H18N2O2/c1-3-15-33-27(5-1)29-17-19-7-9-23-21-12-14-26-24(22(21)11-13-25(23)31(19)35-29)10-8-20-18-30(36-32(20)26)28-6-2-4-16-34-28/h1-18H. The fraction of sp³-hybridized carbons (Fsp3) is 0. The van der Waals surface area contributed by atoms with Gasteiger partial charge in [0.1, 0.15) is 22.6 Å². The minimum absolute atomic E-state index is 0.778. The lowest BCUT2D eigenvalue weighted by atomic mass is 9.95. The lowest BCUT2D eigenvalue weighted by Crippen LogP contribution is -1.82. The van der Waals surface area contributed by atoms with E-state index in [0.29, 0.717) is 0 Å². The van der Waals surface area contributed by atoms with Crippen LogP contribution in [-0.2, 0) is 0 Å². The molecule has 8 aromatic rings. The van der Waals surface area contributed by atoms with E-state index in [1.165, 1.54) is 10.8 Å². The summed E-state index contributed by atoms with van der Waals surface area (Å²) in [6.45, 7) is 0. The predicted octanol–water partition coefficient (Wildman–Crippen LogP) is 8.76. The second kappa shape index (κ2) is 7.27. The van der Waals surface area contributed by atoms with Crippen LogP contribution in [0.25, 0.3) is 77.2 Å². The SMILES string of the molecule is c1ccc(-c2cc3ccc4c5ccc6c(ccc7cc(-c8ccccn8)oc76)c5ccc4c3o2)nc1. The van der Waals surface area contributed by atoms with Crippen molar-refractivity contribution in [3.05, 3.63) is 109 Å². The molecule has 4 heteroatoms. The largest absolute Gasteiger partial charge is 0.454 e. The van der Waals surface area contributed by atoms with Crippen molar-refractivity contribution < 1.29 is 8.83 Å². The van der Waals surface area contributed by atoms with E-state index in [-0.39, 0.29) is 0 Å². The van der Waals surface area contributed by atoms with Gasteiger partial charge in [-0.3, -0.25) is 9.97 Å². The lowest BCUT2D eigenvalue weighted by molar-refractivity contribution is 0.631. The number of fused-ring (bicyclic) bond motifs is 9. The van der Waals surface area contributed by atoms with Crippen molar-refractivity contribution >= 4 is 54.3 Å². The third-order valence-electron chi connectivity index (χ3n) is 6.99. The summed E-state index contributed by atoms with van der Waals surface area (Å²) in [5.41, 5.74) is 3.44. The van der Waals surface area contributed by atoms with E-state index in [1.54, 1.807) is 12.4 Å². The lowest BCUT2D eigenvalue weighted by Gasteiger charge is -2.08. The van der Waals surface area contributed by atoms with Crippen LogP contribution in [0.15, 0.2) is 118 Å². The van der Waals surface area contributed by atoms with Crippen molar-refractivity contribution in [2.24, 2.45) is 0 Å². The normalized spacial score (nSPS) is 11.9. The van der Waals surface area contributed by atoms with Gasteiger partial charge in [-0.25, -0.2) is 0 Å². The highest BCUT2D eigenvalue weighted by atomic mass is 16.3. The molecule has 8 rings (SSSR count). The van der Waals surface area contributed by atoms with Gasteiger partial charge in [-0.2, -0.15) is 0 Å². The first-order valence-electron chi connectivity index (χ1n) is 11.9. The van der Waals surface area contributed by atoms with Crippen LogP contribution in [0.2, 0.25) is 0 Å². The van der Waals surface area contributed by atoms with Crippen molar-refractivity contribution in [1.82, 2.24) is 9.97 Å². The van der Waals surface area contributed by atoms with Gasteiger partial charge in [-0.05, 0) is 70.1 Å². The first-order chi connectivity index (χ1) is 17.8. The molecule has 0 radical (unpaired) electrons. The molecule has 4 nitrogen and oxygen atoms in total. The molecule has 4 aromatic carbocycles. The Balaban J connectivity index is 1.36. The van der Waals surface area contributed by atoms with Crippen molar-refractivity contribution in [2.45, 2.75) is 0 Å². The van der Waals surface area contributed by atoms with Crippen molar-refractivity contribution in [3.8, 4) is 22.9 Å². The molecule has 0 fully saturated rings. The molecular weight excluding hydrogens is 444 g/mol. The number of hydrogen-bond acceptors (Lipinski definition) is 4. The summed E-state index contributed by atoms with van der Waals surface area (Å²) in [4.78, 5) is 8.90. The van der Waals surface area contributed by atoms with Crippen LogP contribution in [0, 0.1) is 0 Å². The van der Waals surface area contributed by atoms with Gasteiger partial charge >= 0.3 is 0 Å². The second-order valence-electron chi connectivity index (χ2n) is 9.04. The van der Waals surface area contributed by atoms with Crippen LogP contribution in [0.1, 0.15) is 0 Å². The summed E-state index contributed by atoms with van der Waals surface area (Å²) >= 11 is 0. The molecule has 0 amide bonds. The van der Waals surface area contributed by atoms with E-state index in [9.17, 15) is 0 Å².